The van der Waals surface area contributed by atoms with Gasteiger partial charge in [0.1, 0.15) is 5.75 Å². The smallest absolute Gasteiger partial charge is 0.406 e. The Morgan fingerprint density at radius 1 is 1.32 bits per heavy atom. The Morgan fingerprint density at radius 2 is 2.05 bits per heavy atom. The highest BCUT2D eigenvalue weighted by Crippen LogP contribution is 2.24. The number of hydrogen-bond donors (Lipinski definition) is 2. The normalized spacial score (nSPS) is 11.7. The van der Waals surface area contributed by atoms with Gasteiger partial charge in [0, 0.05) is 24.7 Å². The van der Waals surface area contributed by atoms with Crippen LogP contribution in [0, 0.1) is 0 Å². The molecule has 1 aromatic carbocycles. The zero-order valence-electron chi connectivity index (χ0n) is 11.7. The number of carbonyl (C=O) groups excluding carboxylic acids is 1. The van der Waals surface area contributed by atoms with Gasteiger partial charge in [0.15, 0.2) is 0 Å². The molecule has 5 nitrogen and oxygen atoms in total. The molecule has 1 amide bonds. The number of alkyl carbamates (subject to hydrolysis) is 1. The van der Waals surface area contributed by atoms with Crippen LogP contribution in [0.2, 0.25) is 0 Å². The molecule has 5 heteroatoms. The average molecular weight is 266 g/mol. The highest BCUT2D eigenvalue weighted by molar-refractivity contribution is 5.66. The van der Waals surface area contributed by atoms with E-state index in [9.17, 15) is 4.79 Å². The van der Waals surface area contributed by atoms with Gasteiger partial charge in [-0.25, -0.2) is 4.79 Å². The van der Waals surface area contributed by atoms with Crippen LogP contribution in [0.3, 0.4) is 0 Å². The Morgan fingerprint density at radius 3 is 2.74 bits per heavy atom. The second-order valence-corrected chi connectivity index (χ2v) is 4.07. The predicted octanol–water partition coefficient (Wildman–Crippen LogP) is 2.09. The molecule has 0 aromatic heterocycles. The van der Waals surface area contributed by atoms with E-state index in [2.05, 4.69) is 22.3 Å². The topological polar surface area (TPSA) is 59.6 Å². The highest BCUT2D eigenvalue weighted by Gasteiger charge is 2.10. The van der Waals surface area contributed by atoms with Crippen LogP contribution in [0.15, 0.2) is 24.3 Å². The molecule has 0 aliphatic rings. The third-order valence-electron chi connectivity index (χ3n) is 2.72. The first-order valence-electron chi connectivity index (χ1n) is 6.46. The predicted molar refractivity (Wildman–Crippen MR) is 74.4 cm³/mol. The number of nitrogens with one attached hydrogen (secondary N) is 2. The van der Waals surface area contributed by atoms with Gasteiger partial charge < -0.3 is 20.1 Å². The van der Waals surface area contributed by atoms with Crippen molar-refractivity contribution in [1.82, 2.24) is 10.6 Å². The van der Waals surface area contributed by atoms with Gasteiger partial charge in [0.05, 0.1) is 13.7 Å². The number of benzene rings is 1. The first-order chi connectivity index (χ1) is 9.19. The van der Waals surface area contributed by atoms with Gasteiger partial charge in [-0.15, -0.1) is 0 Å². The quantitative estimate of drug-likeness (QED) is 0.742. The van der Waals surface area contributed by atoms with Crippen LogP contribution < -0.4 is 15.4 Å². The van der Waals surface area contributed by atoms with Crippen molar-refractivity contribution in [2.45, 2.75) is 19.9 Å². The average Bonchev–Trinajstić information content (AvgIpc) is 2.44. The van der Waals surface area contributed by atoms with Crippen molar-refractivity contribution in [3.63, 3.8) is 0 Å². The minimum atomic E-state index is -0.413. The molecule has 0 saturated heterocycles. The van der Waals surface area contributed by atoms with Gasteiger partial charge in [-0.3, -0.25) is 0 Å². The van der Waals surface area contributed by atoms with Crippen LogP contribution in [0.5, 0.6) is 5.75 Å². The number of carbonyl (C=O) groups is 1. The Balaban J connectivity index is 2.44. The van der Waals surface area contributed by atoms with Gasteiger partial charge in [0.25, 0.3) is 0 Å². The summed E-state index contributed by atoms with van der Waals surface area (Å²) in [5.41, 5.74) is 1.11. The largest absolute Gasteiger partial charge is 0.494 e. The fourth-order valence-corrected chi connectivity index (χ4v) is 1.76. The fraction of sp³-hybridized carbons (Fsp3) is 0.500. The minimum Gasteiger partial charge on any atom is -0.494 e. The van der Waals surface area contributed by atoms with Gasteiger partial charge in [-0.1, -0.05) is 18.2 Å². The zero-order valence-corrected chi connectivity index (χ0v) is 11.7. The van der Waals surface area contributed by atoms with Crippen molar-refractivity contribution in [2.24, 2.45) is 0 Å². The van der Waals surface area contributed by atoms with Crippen LogP contribution >= 0.6 is 0 Å². The number of amides is 1. The van der Waals surface area contributed by atoms with E-state index < -0.39 is 6.09 Å². The molecule has 0 aliphatic heterocycles. The number of methoxy groups -OCH3 is 1. The lowest BCUT2D eigenvalue weighted by molar-refractivity contribution is 0.171. The summed E-state index contributed by atoms with van der Waals surface area (Å²) >= 11 is 0. The molecule has 1 rings (SSSR count). The third-order valence-corrected chi connectivity index (χ3v) is 2.72. The molecule has 19 heavy (non-hydrogen) atoms. The molecule has 106 valence electrons. The molecule has 0 saturated carbocycles. The summed E-state index contributed by atoms with van der Waals surface area (Å²) in [5, 5.41) is 5.95. The van der Waals surface area contributed by atoms with Crippen LogP contribution in [-0.2, 0) is 4.74 Å². The van der Waals surface area contributed by atoms with Crippen LogP contribution in [0.25, 0.3) is 0 Å². The third kappa shape index (κ3) is 5.18. The number of para-hydroxylation sites is 1. The van der Waals surface area contributed by atoms with Crippen molar-refractivity contribution in [1.29, 1.82) is 0 Å². The van der Waals surface area contributed by atoms with Gasteiger partial charge in [0.2, 0.25) is 0 Å². The SMILES string of the molecule is CCOc1ccccc1C(C)NCCNC(=O)OC. The second-order valence-electron chi connectivity index (χ2n) is 4.07. The number of rotatable bonds is 7. The Hall–Kier alpha value is -1.75. The molecule has 1 unspecified atom stereocenters. The van der Waals surface area contributed by atoms with E-state index in [0.717, 1.165) is 11.3 Å². The minimum absolute atomic E-state index is 0.155. The molecule has 2 N–H and O–H groups in total. The lowest BCUT2D eigenvalue weighted by atomic mass is 10.1. The first kappa shape index (κ1) is 15.3. The van der Waals surface area contributed by atoms with E-state index in [-0.39, 0.29) is 6.04 Å². The Kier molecular flexibility index (Phi) is 6.74. The van der Waals surface area contributed by atoms with E-state index in [4.69, 9.17) is 4.74 Å². The number of hydrogen-bond acceptors (Lipinski definition) is 4. The summed E-state index contributed by atoms with van der Waals surface area (Å²) in [6.45, 7) is 5.86. The maximum absolute atomic E-state index is 10.9. The van der Waals surface area contributed by atoms with E-state index in [1.54, 1.807) is 0 Å². The van der Waals surface area contributed by atoms with Crippen LogP contribution in [0.4, 0.5) is 4.79 Å². The molecule has 0 spiro atoms. The molecule has 1 atom stereocenters. The molecular formula is C14H22N2O3. The monoisotopic (exact) mass is 266 g/mol. The molecular weight excluding hydrogens is 244 g/mol. The standard InChI is InChI=1S/C14H22N2O3/c1-4-19-13-8-6-5-7-12(13)11(2)15-9-10-16-14(17)18-3/h5-8,11,15H,4,9-10H2,1-3H3,(H,16,17). The summed E-state index contributed by atoms with van der Waals surface area (Å²) in [5.74, 6) is 0.894. The maximum Gasteiger partial charge on any atom is 0.406 e. The van der Waals surface area contributed by atoms with Crippen molar-refractivity contribution in [2.75, 3.05) is 26.8 Å². The Labute approximate surface area is 114 Å². The molecule has 0 bridgehead atoms. The zero-order chi connectivity index (χ0) is 14.1. The van der Waals surface area contributed by atoms with Crippen molar-refractivity contribution in [3.05, 3.63) is 29.8 Å². The maximum atomic E-state index is 10.9. The van der Waals surface area contributed by atoms with Crippen LogP contribution in [-0.4, -0.2) is 32.9 Å². The van der Waals surface area contributed by atoms with Gasteiger partial charge in [-0.2, -0.15) is 0 Å². The lowest BCUT2D eigenvalue weighted by Gasteiger charge is -2.18. The van der Waals surface area contributed by atoms with E-state index in [1.165, 1.54) is 7.11 Å². The van der Waals surface area contributed by atoms with Crippen molar-refractivity contribution >= 4 is 6.09 Å². The molecule has 0 aliphatic carbocycles. The molecule has 0 heterocycles. The summed E-state index contributed by atoms with van der Waals surface area (Å²) < 4.78 is 10.1. The summed E-state index contributed by atoms with van der Waals surface area (Å²) in [6, 6.07) is 8.10. The Bertz CT molecular complexity index is 396. The summed E-state index contributed by atoms with van der Waals surface area (Å²) in [6.07, 6.45) is -0.413. The summed E-state index contributed by atoms with van der Waals surface area (Å²) in [7, 11) is 1.35. The van der Waals surface area contributed by atoms with Gasteiger partial charge in [-0.05, 0) is 19.9 Å². The fourth-order valence-electron chi connectivity index (χ4n) is 1.76. The first-order valence-corrected chi connectivity index (χ1v) is 6.46. The van der Waals surface area contributed by atoms with Crippen LogP contribution in [0.1, 0.15) is 25.5 Å². The summed E-state index contributed by atoms with van der Waals surface area (Å²) in [4.78, 5) is 10.9. The van der Waals surface area contributed by atoms with Crippen molar-refractivity contribution in [3.8, 4) is 5.75 Å². The number of ether oxygens (including phenoxy) is 2. The second kappa shape index (κ2) is 8.37. The molecule has 1 aromatic rings. The van der Waals surface area contributed by atoms with Crippen molar-refractivity contribution < 1.29 is 14.3 Å². The molecule has 0 radical (unpaired) electrons. The highest BCUT2D eigenvalue weighted by atomic mass is 16.5. The lowest BCUT2D eigenvalue weighted by Crippen LogP contribution is -2.32. The van der Waals surface area contributed by atoms with E-state index in [1.807, 2.05) is 31.2 Å². The molecule has 0 fully saturated rings. The van der Waals surface area contributed by atoms with E-state index >= 15 is 0 Å². The van der Waals surface area contributed by atoms with Gasteiger partial charge >= 0.3 is 6.09 Å². The van der Waals surface area contributed by atoms with E-state index in [0.29, 0.717) is 19.7 Å².